The summed E-state index contributed by atoms with van der Waals surface area (Å²) in [4.78, 5) is 4.41. The van der Waals surface area contributed by atoms with Gasteiger partial charge in [-0.15, -0.1) is 0 Å². The van der Waals surface area contributed by atoms with Crippen LogP contribution in [0.1, 0.15) is 29.8 Å². The van der Waals surface area contributed by atoms with Gasteiger partial charge in [-0.3, -0.25) is 4.98 Å². The van der Waals surface area contributed by atoms with Gasteiger partial charge in [-0.1, -0.05) is 30.7 Å². The molecule has 2 nitrogen and oxygen atoms in total. The van der Waals surface area contributed by atoms with E-state index in [9.17, 15) is 0 Å². The quantitative estimate of drug-likeness (QED) is 0.893. The highest BCUT2D eigenvalue weighted by atomic mass is 35.5. The van der Waals surface area contributed by atoms with Crippen LogP contribution >= 0.6 is 11.6 Å². The van der Waals surface area contributed by atoms with Gasteiger partial charge in [0.05, 0.1) is 0 Å². The molecule has 0 spiro atoms. The minimum absolute atomic E-state index is 0.275. The van der Waals surface area contributed by atoms with Crippen molar-refractivity contribution < 1.29 is 0 Å². The third-order valence-electron chi connectivity index (χ3n) is 3.20. The van der Waals surface area contributed by atoms with E-state index in [1.807, 2.05) is 30.5 Å². The second kappa shape index (κ2) is 6.69. The smallest absolute Gasteiger partial charge is 0.0422 e. The van der Waals surface area contributed by atoms with Gasteiger partial charge in [0.2, 0.25) is 0 Å². The Morgan fingerprint density at radius 2 is 2.11 bits per heavy atom. The monoisotopic (exact) mass is 274 g/mol. The van der Waals surface area contributed by atoms with Gasteiger partial charge in [0.15, 0.2) is 0 Å². The number of rotatable bonds is 5. The van der Waals surface area contributed by atoms with Gasteiger partial charge < -0.3 is 5.32 Å². The topological polar surface area (TPSA) is 24.9 Å². The van der Waals surface area contributed by atoms with Crippen molar-refractivity contribution in [1.82, 2.24) is 10.3 Å². The van der Waals surface area contributed by atoms with Crippen LogP contribution in [0.2, 0.25) is 5.02 Å². The summed E-state index contributed by atoms with van der Waals surface area (Å²) in [5, 5.41) is 4.31. The van der Waals surface area contributed by atoms with Crippen LogP contribution in [0.4, 0.5) is 0 Å². The van der Waals surface area contributed by atoms with Crippen molar-refractivity contribution in [3.63, 3.8) is 0 Å². The molecule has 3 heteroatoms. The van der Waals surface area contributed by atoms with Crippen molar-refractivity contribution in [3.05, 3.63) is 64.4 Å². The maximum atomic E-state index is 6.03. The molecule has 1 N–H and O–H groups in total. The molecule has 1 atom stereocenters. The lowest BCUT2D eigenvalue weighted by Crippen LogP contribution is -2.24. The molecule has 100 valence electrons. The molecule has 1 heterocycles. The predicted molar refractivity (Wildman–Crippen MR) is 80.5 cm³/mol. The van der Waals surface area contributed by atoms with Gasteiger partial charge in [0.25, 0.3) is 0 Å². The highest BCUT2D eigenvalue weighted by Crippen LogP contribution is 2.23. The number of nitrogens with zero attached hydrogens (tertiary/aromatic N) is 1. The Labute approximate surface area is 119 Å². The fourth-order valence-corrected chi connectivity index (χ4v) is 2.52. The number of benzene rings is 1. The number of aromatic nitrogens is 1. The Balaban J connectivity index is 2.24. The SMILES string of the molecule is CCNC(Cc1ccccn1)c1ccc(Cl)cc1C. The molecule has 0 radical (unpaired) electrons. The van der Waals surface area contributed by atoms with Crippen molar-refractivity contribution in [2.24, 2.45) is 0 Å². The van der Waals surface area contributed by atoms with Crippen molar-refractivity contribution in [3.8, 4) is 0 Å². The van der Waals surface area contributed by atoms with E-state index >= 15 is 0 Å². The van der Waals surface area contributed by atoms with Crippen LogP contribution in [-0.2, 0) is 6.42 Å². The highest BCUT2D eigenvalue weighted by molar-refractivity contribution is 6.30. The number of likely N-dealkylation sites (N-methyl/N-ethyl adjacent to an activating group) is 1. The second-order valence-corrected chi connectivity index (χ2v) is 5.07. The molecule has 0 amide bonds. The first kappa shape index (κ1) is 14.0. The lowest BCUT2D eigenvalue weighted by molar-refractivity contribution is 0.542. The van der Waals surface area contributed by atoms with Gasteiger partial charge in [-0.25, -0.2) is 0 Å². The Morgan fingerprint density at radius 3 is 2.74 bits per heavy atom. The highest BCUT2D eigenvalue weighted by Gasteiger charge is 2.14. The fraction of sp³-hybridized carbons (Fsp3) is 0.312. The van der Waals surface area contributed by atoms with E-state index in [2.05, 4.69) is 36.3 Å². The first-order chi connectivity index (χ1) is 9.20. The number of nitrogens with one attached hydrogen (secondary N) is 1. The lowest BCUT2D eigenvalue weighted by atomic mass is 9.97. The van der Waals surface area contributed by atoms with Crippen LogP contribution in [0.3, 0.4) is 0 Å². The predicted octanol–water partition coefficient (Wildman–Crippen LogP) is 3.94. The van der Waals surface area contributed by atoms with Gasteiger partial charge in [0.1, 0.15) is 0 Å². The Morgan fingerprint density at radius 1 is 1.26 bits per heavy atom. The number of hydrogen-bond acceptors (Lipinski definition) is 2. The van der Waals surface area contributed by atoms with E-state index in [0.717, 1.165) is 23.7 Å². The van der Waals surface area contributed by atoms with Gasteiger partial charge in [-0.05, 0) is 48.9 Å². The summed E-state index contributed by atoms with van der Waals surface area (Å²) >= 11 is 6.03. The zero-order chi connectivity index (χ0) is 13.7. The van der Waals surface area contributed by atoms with Crippen molar-refractivity contribution in [2.45, 2.75) is 26.3 Å². The molecule has 0 aliphatic rings. The third kappa shape index (κ3) is 3.79. The fourth-order valence-electron chi connectivity index (χ4n) is 2.30. The van der Waals surface area contributed by atoms with E-state index in [1.54, 1.807) is 0 Å². The van der Waals surface area contributed by atoms with Crippen LogP contribution in [0.25, 0.3) is 0 Å². The molecule has 1 aromatic heterocycles. The average Bonchev–Trinajstić information content (AvgIpc) is 2.39. The molecule has 19 heavy (non-hydrogen) atoms. The summed E-state index contributed by atoms with van der Waals surface area (Å²) in [6.07, 6.45) is 2.73. The first-order valence-corrected chi connectivity index (χ1v) is 6.98. The molecule has 1 unspecified atom stereocenters. The molecule has 0 saturated heterocycles. The molecular weight excluding hydrogens is 256 g/mol. The number of hydrogen-bond donors (Lipinski definition) is 1. The van der Waals surface area contributed by atoms with Crippen LogP contribution in [0.15, 0.2) is 42.6 Å². The minimum Gasteiger partial charge on any atom is -0.310 e. The number of halogens is 1. The zero-order valence-electron chi connectivity index (χ0n) is 11.4. The summed E-state index contributed by atoms with van der Waals surface area (Å²) in [6, 6.07) is 12.4. The maximum absolute atomic E-state index is 6.03. The maximum Gasteiger partial charge on any atom is 0.0422 e. The van der Waals surface area contributed by atoms with Crippen LogP contribution in [0, 0.1) is 6.92 Å². The van der Waals surface area contributed by atoms with E-state index in [1.165, 1.54) is 11.1 Å². The average molecular weight is 275 g/mol. The van der Waals surface area contributed by atoms with E-state index < -0.39 is 0 Å². The third-order valence-corrected chi connectivity index (χ3v) is 3.43. The lowest BCUT2D eigenvalue weighted by Gasteiger charge is -2.20. The summed E-state index contributed by atoms with van der Waals surface area (Å²) < 4.78 is 0. The molecule has 0 bridgehead atoms. The molecule has 0 aliphatic carbocycles. The second-order valence-electron chi connectivity index (χ2n) is 4.64. The van der Waals surface area contributed by atoms with Crippen LogP contribution in [-0.4, -0.2) is 11.5 Å². The number of aryl methyl sites for hydroxylation is 1. The number of pyridine rings is 1. The largest absolute Gasteiger partial charge is 0.310 e. The molecule has 0 aliphatic heterocycles. The Hall–Kier alpha value is -1.38. The van der Waals surface area contributed by atoms with Gasteiger partial charge in [-0.2, -0.15) is 0 Å². The van der Waals surface area contributed by atoms with Crippen LogP contribution < -0.4 is 5.32 Å². The molecule has 0 saturated carbocycles. The van der Waals surface area contributed by atoms with E-state index in [0.29, 0.717) is 0 Å². The van der Waals surface area contributed by atoms with Crippen molar-refractivity contribution in [1.29, 1.82) is 0 Å². The van der Waals surface area contributed by atoms with Crippen molar-refractivity contribution in [2.75, 3.05) is 6.54 Å². The molecule has 1 aromatic carbocycles. The minimum atomic E-state index is 0.275. The molecule has 2 aromatic rings. The Bertz CT molecular complexity index is 526. The summed E-state index contributed by atoms with van der Waals surface area (Å²) in [5.41, 5.74) is 3.61. The van der Waals surface area contributed by atoms with E-state index in [-0.39, 0.29) is 6.04 Å². The van der Waals surface area contributed by atoms with E-state index in [4.69, 9.17) is 11.6 Å². The normalized spacial score (nSPS) is 12.4. The molecule has 2 rings (SSSR count). The Kier molecular flexibility index (Phi) is 4.94. The zero-order valence-corrected chi connectivity index (χ0v) is 12.1. The summed E-state index contributed by atoms with van der Waals surface area (Å²) in [7, 11) is 0. The van der Waals surface area contributed by atoms with Gasteiger partial charge >= 0.3 is 0 Å². The first-order valence-electron chi connectivity index (χ1n) is 6.60. The standard InChI is InChI=1S/C16H19ClN2/c1-3-18-16(11-14-6-4-5-9-19-14)15-8-7-13(17)10-12(15)2/h4-10,16,18H,3,11H2,1-2H3. The summed E-state index contributed by atoms with van der Waals surface area (Å²) in [6.45, 7) is 5.15. The van der Waals surface area contributed by atoms with Crippen molar-refractivity contribution >= 4 is 11.6 Å². The van der Waals surface area contributed by atoms with Crippen LogP contribution in [0.5, 0.6) is 0 Å². The van der Waals surface area contributed by atoms with Gasteiger partial charge in [0, 0.05) is 29.4 Å². The molecule has 0 fully saturated rings. The summed E-state index contributed by atoms with van der Waals surface area (Å²) in [5.74, 6) is 0. The molecular formula is C16H19ClN2.